The van der Waals surface area contributed by atoms with Crippen LogP contribution in [0.4, 0.5) is 14.5 Å². The maximum atomic E-state index is 13.6. The number of nitrogens with one attached hydrogen (secondary N) is 1. The summed E-state index contributed by atoms with van der Waals surface area (Å²) < 4.78 is 32.2. The third-order valence-electron chi connectivity index (χ3n) is 2.54. The summed E-state index contributed by atoms with van der Waals surface area (Å²) in [5.74, 6) is -3.22. The van der Waals surface area contributed by atoms with Gasteiger partial charge in [-0.1, -0.05) is 0 Å². The Morgan fingerprint density at radius 1 is 1.38 bits per heavy atom. The molecular formula is C13H16F2N2O4. The first-order valence-corrected chi connectivity index (χ1v) is 6.36. The zero-order valence-corrected chi connectivity index (χ0v) is 11.7. The van der Waals surface area contributed by atoms with Crippen LogP contribution < -0.4 is 5.32 Å². The lowest BCUT2D eigenvalue weighted by Crippen LogP contribution is -2.26. The van der Waals surface area contributed by atoms with E-state index in [9.17, 15) is 23.7 Å². The number of nitrogens with zero attached hydrogens (tertiary/aromatic N) is 1. The molecule has 0 spiro atoms. The van der Waals surface area contributed by atoms with Gasteiger partial charge in [0.05, 0.1) is 22.7 Å². The molecule has 0 aliphatic carbocycles. The smallest absolute Gasteiger partial charge is 0.307 e. The zero-order chi connectivity index (χ0) is 16.0. The van der Waals surface area contributed by atoms with Gasteiger partial charge in [-0.15, -0.1) is 0 Å². The van der Waals surface area contributed by atoms with Crippen molar-refractivity contribution in [2.75, 3.05) is 13.2 Å². The van der Waals surface area contributed by atoms with Crippen LogP contribution in [0, 0.1) is 21.7 Å². The predicted molar refractivity (Wildman–Crippen MR) is 71.1 cm³/mol. The molecule has 8 heteroatoms. The monoisotopic (exact) mass is 302 g/mol. The number of benzene rings is 1. The van der Waals surface area contributed by atoms with Crippen LogP contribution in [0.2, 0.25) is 0 Å². The summed E-state index contributed by atoms with van der Waals surface area (Å²) >= 11 is 0. The number of carbonyl (C=O) groups is 1. The first-order valence-electron chi connectivity index (χ1n) is 6.36. The minimum absolute atomic E-state index is 0.0712. The van der Waals surface area contributed by atoms with Crippen LogP contribution in [0.3, 0.4) is 0 Å². The van der Waals surface area contributed by atoms with Crippen molar-refractivity contribution in [2.45, 2.75) is 26.4 Å². The molecule has 0 fully saturated rings. The summed E-state index contributed by atoms with van der Waals surface area (Å²) in [4.78, 5) is 21.1. The second kappa shape index (κ2) is 7.63. The number of carbonyl (C=O) groups excluding carboxylic acids is 1. The minimum atomic E-state index is -1.25. The third-order valence-corrected chi connectivity index (χ3v) is 2.54. The van der Waals surface area contributed by atoms with Crippen LogP contribution in [0.25, 0.3) is 0 Å². The van der Waals surface area contributed by atoms with E-state index < -0.39 is 33.7 Å². The molecule has 1 aromatic rings. The summed E-state index contributed by atoms with van der Waals surface area (Å²) in [6, 6.07) is 0.916. The molecule has 0 unspecified atom stereocenters. The van der Waals surface area contributed by atoms with E-state index in [1.807, 2.05) is 13.8 Å². The van der Waals surface area contributed by atoms with Gasteiger partial charge in [-0.2, -0.15) is 4.39 Å². The number of ether oxygens (including phenoxy) is 1. The quantitative estimate of drug-likeness (QED) is 0.476. The fourth-order valence-electron chi connectivity index (χ4n) is 1.54. The average Bonchev–Trinajstić information content (AvgIpc) is 2.39. The number of nitro groups is 1. The van der Waals surface area contributed by atoms with Crippen molar-refractivity contribution in [1.82, 2.24) is 5.32 Å². The molecule has 0 saturated heterocycles. The molecule has 1 rings (SSSR count). The molecule has 0 aromatic heterocycles. The van der Waals surface area contributed by atoms with Crippen molar-refractivity contribution >= 4 is 11.6 Å². The highest BCUT2D eigenvalue weighted by atomic mass is 19.1. The van der Waals surface area contributed by atoms with Crippen molar-refractivity contribution in [3.63, 3.8) is 0 Å². The number of amides is 1. The fraction of sp³-hybridized carbons (Fsp3) is 0.462. The molecule has 1 aromatic carbocycles. The Balaban J connectivity index is 2.62. The molecule has 0 bridgehead atoms. The highest BCUT2D eigenvalue weighted by Gasteiger charge is 2.21. The maximum Gasteiger partial charge on any atom is 0.307 e. The first kappa shape index (κ1) is 17.0. The van der Waals surface area contributed by atoms with Crippen LogP contribution in [-0.2, 0) is 4.74 Å². The summed E-state index contributed by atoms with van der Waals surface area (Å²) in [7, 11) is 0. The van der Waals surface area contributed by atoms with Gasteiger partial charge in [0.25, 0.3) is 5.91 Å². The lowest BCUT2D eigenvalue weighted by Gasteiger charge is -2.09. The molecule has 6 nitrogen and oxygen atoms in total. The second-order valence-electron chi connectivity index (χ2n) is 4.57. The van der Waals surface area contributed by atoms with Gasteiger partial charge in [0, 0.05) is 13.2 Å². The normalized spacial score (nSPS) is 10.7. The lowest BCUT2D eigenvalue weighted by atomic mass is 10.1. The Hall–Kier alpha value is -2.09. The molecule has 0 radical (unpaired) electrons. The van der Waals surface area contributed by atoms with Gasteiger partial charge in [-0.25, -0.2) is 4.39 Å². The lowest BCUT2D eigenvalue weighted by molar-refractivity contribution is -0.387. The number of rotatable bonds is 7. The van der Waals surface area contributed by atoms with Gasteiger partial charge in [0.15, 0.2) is 0 Å². The van der Waals surface area contributed by atoms with Gasteiger partial charge in [0.2, 0.25) is 5.82 Å². The van der Waals surface area contributed by atoms with Crippen LogP contribution in [-0.4, -0.2) is 30.1 Å². The van der Waals surface area contributed by atoms with Crippen molar-refractivity contribution < 1.29 is 23.2 Å². The Morgan fingerprint density at radius 3 is 2.62 bits per heavy atom. The highest BCUT2D eigenvalue weighted by Crippen LogP contribution is 2.21. The van der Waals surface area contributed by atoms with Crippen LogP contribution >= 0.6 is 0 Å². The number of halogens is 2. The second-order valence-corrected chi connectivity index (χ2v) is 4.57. The maximum absolute atomic E-state index is 13.6. The fourth-order valence-corrected chi connectivity index (χ4v) is 1.54. The van der Waals surface area contributed by atoms with Crippen molar-refractivity contribution in [2.24, 2.45) is 0 Å². The van der Waals surface area contributed by atoms with E-state index in [0.29, 0.717) is 25.2 Å². The number of nitro benzene ring substituents is 1. The molecular weight excluding hydrogens is 286 g/mol. The molecule has 0 saturated carbocycles. The summed E-state index contributed by atoms with van der Waals surface area (Å²) in [5, 5.41) is 12.8. The van der Waals surface area contributed by atoms with Crippen molar-refractivity contribution in [3.05, 3.63) is 39.4 Å². The Bertz CT molecular complexity index is 535. The third kappa shape index (κ3) is 5.07. The molecule has 116 valence electrons. The number of hydrogen-bond donors (Lipinski definition) is 1. The van der Waals surface area contributed by atoms with Crippen LogP contribution in [0.1, 0.15) is 30.6 Å². The molecule has 0 atom stereocenters. The Morgan fingerprint density at radius 2 is 2.05 bits per heavy atom. The molecule has 0 aliphatic rings. The van der Waals surface area contributed by atoms with Gasteiger partial charge >= 0.3 is 5.69 Å². The SMILES string of the molecule is CC(C)OCCCNC(=O)c1cc(F)c([N+](=O)[O-])cc1F. The van der Waals surface area contributed by atoms with E-state index in [0.717, 1.165) is 0 Å². The largest absolute Gasteiger partial charge is 0.379 e. The van der Waals surface area contributed by atoms with Gasteiger partial charge in [-0.05, 0) is 26.3 Å². The van der Waals surface area contributed by atoms with Crippen molar-refractivity contribution in [3.8, 4) is 0 Å². The van der Waals surface area contributed by atoms with E-state index in [-0.39, 0.29) is 12.6 Å². The first-order chi connectivity index (χ1) is 9.82. The zero-order valence-electron chi connectivity index (χ0n) is 11.7. The van der Waals surface area contributed by atoms with E-state index in [1.54, 1.807) is 0 Å². The standard InChI is InChI=1S/C13H16F2N2O4/c1-8(2)21-5-3-4-16-13(18)9-6-11(15)12(17(19)20)7-10(9)14/h6-8H,3-5H2,1-2H3,(H,16,18). The van der Waals surface area contributed by atoms with Crippen molar-refractivity contribution in [1.29, 1.82) is 0 Å². The molecule has 1 amide bonds. The Kier molecular flexibility index (Phi) is 6.16. The molecule has 0 heterocycles. The average molecular weight is 302 g/mol. The summed E-state index contributed by atoms with van der Waals surface area (Å²) in [6.45, 7) is 4.39. The summed E-state index contributed by atoms with van der Waals surface area (Å²) in [5.41, 5.74) is -1.57. The molecule has 21 heavy (non-hydrogen) atoms. The van der Waals surface area contributed by atoms with E-state index in [2.05, 4.69) is 5.32 Å². The highest BCUT2D eigenvalue weighted by molar-refractivity contribution is 5.94. The van der Waals surface area contributed by atoms with Gasteiger partial charge < -0.3 is 10.1 Å². The topological polar surface area (TPSA) is 81.5 Å². The molecule has 1 N–H and O–H groups in total. The van der Waals surface area contributed by atoms with E-state index in [4.69, 9.17) is 4.74 Å². The molecule has 0 aliphatic heterocycles. The van der Waals surface area contributed by atoms with Crippen LogP contribution in [0.15, 0.2) is 12.1 Å². The van der Waals surface area contributed by atoms with Gasteiger partial charge in [-0.3, -0.25) is 14.9 Å². The number of hydrogen-bond acceptors (Lipinski definition) is 4. The van der Waals surface area contributed by atoms with E-state index >= 15 is 0 Å². The Labute approximate surface area is 120 Å². The predicted octanol–water partition coefficient (Wildman–Crippen LogP) is 2.42. The van der Waals surface area contributed by atoms with Gasteiger partial charge in [0.1, 0.15) is 5.82 Å². The minimum Gasteiger partial charge on any atom is -0.379 e. The van der Waals surface area contributed by atoms with Crippen LogP contribution in [0.5, 0.6) is 0 Å². The summed E-state index contributed by atoms with van der Waals surface area (Å²) in [6.07, 6.45) is 0.586. The van der Waals surface area contributed by atoms with E-state index in [1.165, 1.54) is 0 Å².